The molecule has 0 aromatic heterocycles. The van der Waals surface area contributed by atoms with E-state index in [4.69, 9.17) is 4.55 Å². The quantitative estimate of drug-likeness (QED) is 0.465. The maximum atomic E-state index is 10.7. The van der Waals surface area contributed by atoms with Gasteiger partial charge < -0.3 is 19.8 Å². The van der Waals surface area contributed by atoms with Crippen molar-refractivity contribution in [3.8, 4) is 0 Å². The van der Waals surface area contributed by atoms with Crippen molar-refractivity contribution < 1.29 is 32.8 Å². The van der Waals surface area contributed by atoms with Crippen molar-refractivity contribution in [3.63, 3.8) is 0 Å². The number of hydrogen-bond acceptors (Lipinski definition) is 6. The molecule has 7 nitrogen and oxygen atoms in total. The maximum absolute atomic E-state index is 10.7. The number of benzene rings is 1. The first kappa shape index (κ1) is 15.8. The minimum Gasteiger partial charge on any atom is -0.545 e. The summed E-state index contributed by atoms with van der Waals surface area (Å²) >= 11 is 0. The molecule has 1 aromatic carbocycles. The number of carbonyl (C=O) groups excluding carboxylic acids is 2. The van der Waals surface area contributed by atoms with Crippen molar-refractivity contribution in [2.75, 3.05) is 0 Å². The van der Waals surface area contributed by atoms with E-state index in [-0.39, 0.29) is 23.1 Å². The van der Waals surface area contributed by atoms with Gasteiger partial charge in [0.1, 0.15) is 0 Å². The summed E-state index contributed by atoms with van der Waals surface area (Å²) in [4.78, 5) is 20.1. The van der Waals surface area contributed by atoms with Gasteiger partial charge in [0.25, 0.3) is 10.1 Å². The monoisotopic (exact) mass is 268 g/mol. The third kappa shape index (κ3) is 3.96. The van der Waals surface area contributed by atoms with E-state index < -0.39 is 38.1 Å². The first-order valence-corrected chi connectivity index (χ1v) is 5.21. The second-order valence-electron chi connectivity index (χ2n) is 2.80. The van der Waals surface area contributed by atoms with Crippen LogP contribution in [0.5, 0.6) is 0 Å². The van der Waals surface area contributed by atoms with Crippen molar-refractivity contribution >= 4 is 45.1 Å². The Morgan fingerprint density at radius 2 is 1.35 bits per heavy atom. The van der Waals surface area contributed by atoms with Crippen LogP contribution in [0.25, 0.3) is 0 Å². The van der Waals surface area contributed by atoms with E-state index in [9.17, 15) is 28.2 Å². The molecule has 0 saturated carbocycles. The summed E-state index contributed by atoms with van der Waals surface area (Å²) < 4.78 is 30.1. The zero-order valence-corrected chi connectivity index (χ0v) is 10.5. The van der Waals surface area contributed by atoms with Gasteiger partial charge in [-0.1, -0.05) is 0 Å². The van der Waals surface area contributed by atoms with Crippen molar-refractivity contribution in [1.82, 2.24) is 0 Å². The largest absolute Gasteiger partial charge is 2.00 e. The van der Waals surface area contributed by atoms with Crippen LogP contribution in [0, 0.1) is 0 Å². The van der Waals surface area contributed by atoms with Crippen LogP contribution in [-0.2, 0) is 10.1 Å². The van der Waals surface area contributed by atoms with Gasteiger partial charge in [-0.2, -0.15) is 8.42 Å². The molecule has 0 radical (unpaired) electrons. The van der Waals surface area contributed by atoms with Crippen molar-refractivity contribution in [2.24, 2.45) is 0 Å². The van der Waals surface area contributed by atoms with Crippen LogP contribution in [0.15, 0.2) is 23.1 Å². The van der Waals surface area contributed by atoms with Gasteiger partial charge in [0.2, 0.25) is 0 Å². The third-order valence-corrected chi connectivity index (χ3v) is 2.51. The summed E-state index contributed by atoms with van der Waals surface area (Å²) in [7, 11) is -4.70. The maximum Gasteiger partial charge on any atom is 2.00 e. The molecule has 1 aromatic rings. The number of carboxylic acids is 2. The summed E-state index contributed by atoms with van der Waals surface area (Å²) in [5.41, 5.74) is -1.37. The predicted octanol–water partition coefficient (Wildman–Crippen LogP) is -2.72. The van der Waals surface area contributed by atoms with Crippen LogP contribution in [0.1, 0.15) is 20.7 Å². The van der Waals surface area contributed by atoms with Crippen LogP contribution in [-0.4, -0.2) is 48.0 Å². The molecule has 1 N–H and O–H groups in total. The molecule has 0 spiro atoms. The fourth-order valence-electron chi connectivity index (χ4n) is 0.984. The number of carboxylic acid groups (broad SMARTS) is 2. The van der Waals surface area contributed by atoms with E-state index in [1.54, 1.807) is 0 Å². The number of rotatable bonds is 3. The Bertz CT molecular complexity index is 531. The van der Waals surface area contributed by atoms with E-state index in [1.165, 1.54) is 0 Å². The number of hydrogen-bond donors (Lipinski definition) is 1. The Labute approximate surface area is 112 Å². The molecule has 0 unspecified atom stereocenters. The summed E-state index contributed by atoms with van der Waals surface area (Å²) in [5, 5.41) is 20.9. The van der Waals surface area contributed by atoms with Gasteiger partial charge in [-0.3, -0.25) is 4.55 Å². The normalized spacial score (nSPS) is 10.4. The van der Waals surface area contributed by atoms with Crippen LogP contribution in [0.4, 0.5) is 0 Å². The van der Waals surface area contributed by atoms with Crippen LogP contribution in [0.3, 0.4) is 0 Å². The van der Waals surface area contributed by atoms with Crippen LogP contribution in [0.2, 0.25) is 0 Å². The second kappa shape index (κ2) is 5.45. The Morgan fingerprint density at radius 3 is 1.59 bits per heavy atom. The molecule has 0 fully saturated rings. The first-order valence-electron chi connectivity index (χ1n) is 3.77. The fraction of sp³-hybridized carbons (Fsp3) is 0. The van der Waals surface area contributed by atoms with Gasteiger partial charge in [0, 0.05) is 0 Å². The minimum absolute atomic E-state index is 0. The first-order chi connectivity index (χ1) is 7.21. The topological polar surface area (TPSA) is 135 Å². The average Bonchev–Trinajstić information content (AvgIpc) is 2.15. The van der Waals surface area contributed by atoms with Gasteiger partial charge in [-0.25, -0.2) is 0 Å². The minimum atomic E-state index is -4.70. The Morgan fingerprint density at radius 1 is 1.00 bits per heavy atom. The molecule has 0 heterocycles. The summed E-state index contributed by atoms with van der Waals surface area (Å²) in [6, 6.07) is 1.83. The fourth-order valence-corrected chi connectivity index (χ4v) is 1.54. The summed E-state index contributed by atoms with van der Waals surface area (Å²) in [6.07, 6.45) is 0. The Hall–Kier alpha value is -1.16. The van der Waals surface area contributed by atoms with E-state index in [2.05, 4.69) is 0 Å². The van der Waals surface area contributed by atoms with Crippen molar-refractivity contribution in [2.45, 2.75) is 4.90 Å². The average molecular weight is 268 g/mol. The molecule has 0 aliphatic rings. The van der Waals surface area contributed by atoms with Crippen molar-refractivity contribution in [1.29, 1.82) is 0 Å². The molecule has 0 bridgehead atoms. The van der Waals surface area contributed by atoms with Crippen LogP contribution >= 0.6 is 0 Å². The molecule has 9 heteroatoms. The van der Waals surface area contributed by atoms with Gasteiger partial charge in [0.15, 0.2) is 0 Å². The van der Waals surface area contributed by atoms with Gasteiger partial charge in [0.05, 0.1) is 16.8 Å². The molecular weight excluding hydrogens is 264 g/mol. The van der Waals surface area contributed by atoms with Crippen LogP contribution < -0.4 is 10.2 Å². The summed E-state index contributed by atoms with van der Waals surface area (Å²) in [5.74, 6) is -3.54. The molecule has 0 atom stereocenters. The molecule has 0 aliphatic carbocycles. The molecule has 0 aliphatic heterocycles. The number of carbonyl (C=O) groups is 2. The van der Waals surface area contributed by atoms with Gasteiger partial charge >= 0.3 is 23.1 Å². The molecule has 0 saturated heterocycles. The molecule has 17 heavy (non-hydrogen) atoms. The van der Waals surface area contributed by atoms with E-state index in [0.29, 0.717) is 18.2 Å². The van der Waals surface area contributed by atoms with E-state index >= 15 is 0 Å². The molecule has 86 valence electrons. The van der Waals surface area contributed by atoms with Gasteiger partial charge in [-0.05, 0) is 29.3 Å². The molecule has 0 amide bonds. The second-order valence-corrected chi connectivity index (χ2v) is 4.22. The number of aromatic carboxylic acids is 2. The zero-order chi connectivity index (χ0) is 12.5. The van der Waals surface area contributed by atoms with Crippen molar-refractivity contribution in [3.05, 3.63) is 29.3 Å². The predicted molar refractivity (Wildman–Crippen MR) is 50.7 cm³/mol. The zero-order valence-electron chi connectivity index (χ0n) is 8.24. The smallest absolute Gasteiger partial charge is 0.545 e. The van der Waals surface area contributed by atoms with Gasteiger partial charge in [-0.15, -0.1) is 0 Å². The Balaban J connectivity index is 0.00000256. The molecule has 1 rings (SSSR count). The molecular formula is C8H4MgO7S. The third-order valence-electron chi connectivity index (χ3n) is 1.68. The SMILES string of the molecule is O=C([O-])c1cc(C(=O)[O-])cc(S(=O)(=O)O)c1.[Mg+2]. The Kier molecular flexibility index (Phi) is 5.07. The summed E-state index contributed by atoms with van der Waals surface area (Å²) in [6.45, 7) is 0. The standard InChI is InChI=1S/C8H6O7S.Mg/c9-7(10)4-1-5(8(11)12)3-6(2-4)16(13,14)15;/h1-3H,(H,9,10)(H,11,12)(H,13,14,15);/q;+2/p-2. The van der Waals surface area contributed by atoms with E-state index in [1.807, 2.05) is 0 Å². The van der Waals surface area contributed by atoms with E-state index in [0.717, 1.165) is 0 Å².